The van der Waals surface area contributed by atoms with E-state index in [1.54, 1.807) is 0 Å². The van der Waals surface area contributed by atoms with Gasteiger partial charge in [0.25, 0.3) is 0 Å². The summed E-state index contributed by atoms with van der Waals surface area (Å²) in [5, 5.41) is 0. The molecule has 0 unspecified atom stereocenters. The Bertz CT molecular complexity index is 1250. The van der Waals surface area contributed by atoms with Crippen molar-refractivity contribution in [2.24, 2.45) is 0 Å². The van der Waals surface area contributed by atoms with Gasteiger partial charge in [0.1, 0.15) is 0 Å². The molecule has 0 heterocycles. The highest BCUT2D eigenvalue weighted by Gasteiger charge is 2.04. The summed E-state index contributed by atoms with van der Waals surface area (Å²) < 4.78 is 265. The fourth-order valence-electron chi connectivity index (χ4n) is 0.571. The Balaban J connectivity index is 0. The van der Waals surface area contributed by atoms with Crippen molar-refractivity contribution in [1.29, 1.82) is 0 Å². The summed E-state index contributed by atoms with van der Waals surface area (Å²) in [5.74, 6) is 0. The van der Waals surface area contributed by atoms with Gasteiger partial charge in [0.05, 0.1) is 30.4 Å². The van der Waals surface area contributed by atoms with Gasteiger partial charge in [0.15, 0.2) is 0 Å². The van der Waals surface area contributed by atoms with E-state index in [1.165, 1.54) is 0 Å². The maximum Gasteiger partial charge on any atom is 0.0924 e. The lowest BCUT2D eigenvalue weighted by Crippen LogP contribution is -3.00. The van der Waals surface area contributed by atoms with Gasteiger partial charge in [0, 0.05) is 42.5 Å². The fraction of sp³-hybridized carbons (Fsp3) is 1.00. The average molecular weight is 353 g/mol. The summed E-state index contributed by atoms with van der Waals surface area (Å²) in [6.45, 7) is -7.59. The molecule has 130 valence electrons. The van der Waals surface area contributed by atoms with Gasteiger partial charge in [-0.2, -0.15) is 0 Å². The summed E-state index contributed by atoms with van der Waals surface area (Å²) in [6.07, 6.45) is -67.6. The molecule has 0 radical (unpaired) electrons. The minimum Gasteiger partial charge on any atom is -1.00 e. The molecule has 2 heteroatoms. The van der Waals surface area contributed by atoms with Crippen LogP contribution < -0.4 is 12.4 Å². The summed E-state index contributed by atoms with van der Waals surface area (Å²) in [7, 11) is 2.93. The first-order chi connectivity index (χ1) is 22.0. The van der Waals surface area contributed by atoms with Gasteiger partial charge in [-0.1, -0.05) is 83.3 Å². The zero-order valence-corrected chi connectivity index (χ0v) is 12.6. The van der Waals surface area contributed by atoms with Crippen LogP contribution in [0.4, 0.5) is 0 Å². The number of halogens is 1. The predicted octanol–water partition coefficient (Wildman–Crippen LogP) is 3.18. The molecule has 0 bridgehead atoms. The Morgan fingerprint density at radius 3 is 1.29 bits per heavy atom. The van der Waals surface area contributed by atoms with Crippen LogP contribution in [0, 0.1) is 0 Å². The van der Waals surface area contributed by atoms with Crippen molar-refractivity contribution in [1.82, 2.24) is 0 Å². The summed E-state index contributed by atoms with van der Waals surface area (Å²) in [6, 6.07) is 0. The highest BCUT2D eigenvalue weighted by molar-refractivity contribution is 4.49. The van der Waals surface area contributed by atoms with Gasteiger partial charge < -0.3 is 16.9 Å². The third kappa shape index (κ3) is 22.7. The van der Waals surface area contributed by atoms with E-state index in [1.807, 2.05) is 0 Å². The maximum atomic E-state index is 8.27. The van der Waals surface area contributed by atoms with Crippen molar-refractivity contribution in [3.05, 3.63) is 0 Å². The van der Waals surface area contributed by atoms with Crippen LogP contribution in [-0.2, 0) is 0 Å². The fourth-order valence-corrected chi connectivity index (χ4v) is 0.571. The van der Waals surface area contributed by atoms with E-state index < -0.39 is 107 Å². The molecular weight excluding hydrogens is 278 g/mol. The van der Waals surface area contributed by atoms with Gasteiger partial charge >= 0.3 is 0 Å². The Hall–Kier alpha value is 0.250. The van der Waals surface area contributed by atoms with Crippen LogP contribution in [0.3, 0.4) is 0 Å². The van der Waals surface area contributed by atoms with Crippen LogP contribution in [-0.4, -0.2) is 32.1 Å². The second-order valence-electron chi connectivity index (χ2n) is 3.87. The van der Waals surface area contributed by atoms with Crippen LogP contribution in [0.2, 0.25) is 0 Å². The van der Waals surface area contributed by atoms with Crippen molar-refractivity contribution in [2.45, 2.75) is 96.1 Å². The average Bonchev–Trinajstić information content (AvgIpc) is 2.89. The minimum atomic E-state index is -5.11. The molecule has 0 aromatic rings. The van der Waals surface area contributed by atoms with Crippen molar-refractivity contribution >= 4 is 0 Å². The molecule has 0 aromatic carbocycles. The molecular formula is C19H42ClN. The van der Waals surface area contributed by atoms with Crippen molar-refractivity contribution in [3.63, 3.8) is 0 Å². The zero-order valence-electron chi connectivity index (χ0n) is 44.8. The Labute approximate surface area is 188 Å². The lowest BCUT2D eigenvalue weighted by Gasteiger charge is -2.23. The maximum absolute atomic E-state index is 8.27. The van der Waals surface area contributed by atoms with E-state index in [0.29, 0.717) is 0 Å². The zero-order chi connectivity index (χ0) is 44.5. The molecule has 0 aromatic heterocycles. The first-order valence-electron chi connectivity index (χ1n) is 21.8. The second-order valence-corrected chi connectivity index (χ2v) is 3.87. The summed E-state index contributed by atoms with van der Waals surface area (Å²) >= 11 is 0. The molecule has 0 saturated heterocycles. The Morgan fingerprint density at radius 1 is 0.619 bits per heavy atom. The van der Waals surface area contributed by atoms with Crippen molar-refractivity contribution < 1.29 is 62.1 Å². The van der Waals surface area contributed by atoms with Gasteiger partial charge in [-0.15, -0.1) is 0 Å². The van der Waals surface area contributed by atoms with E-state index in [4.69, 9.17) is 45.2 Å². The van der Waals surface area contributed by atoms with E-state index in [9.17, 15) is 0 Å². The molecule has 0 aliphatic heterocycles. The van der Waals surface area contributed by atoms with Crippen LogP contribution >= 0.6 is 0 Å². The Morgan fingerprint density at radius 2 is 0.952 bits per heavy atom. The second kappa shape index (κ2) is 16.6. The Kier molecular flexibility index (Phi) is 2.53. The molecule has 0 aliphatic carbocycles. The van der Waals surface area contributed by atoms with Gasteiger partial charge in [-0.25, -0.2) is 0 Å². The van der Waals surface area contributed by atoms with Crippen LogP contribution in [0.1, 0.15) is 141 Å². The SMILES string of the molecule is [2H]C([2H])([2H])C([2H])([2H])C([2H])([2H])C([2H])([2H])C([2H])([2H])C([2H])([2H])C([2H])([2H])C([2H])([2H])C([2H])([2H])C([2H])([2H])C([2H])([2H])C([2H])([2H])C([2H])([2H])C([2H])([2H])C([2H])([2H])C([2H])([2H])[N+](C)(C)C.[Cl-]. The number of quaternary nitrogens is 1. The number of hydrogen-bond acceptors (Lipinski definition) is 0. The van der Waals surface area contributed by atoms with E-state index in [-0.39, 0.29) is 12.4 Å². The van der Waals surface area contributed by atoms with Crippen LogP contribution in [0.25, 0.3) is 0 Å². The molecule has 0 atom stereocenters. The van der Waals surface area contributed by atoms with Gasteiger partial charge in [-0.05, 0) is 12.7 Å². The van der Waals surface area contributed by atoms with Crippen LogP contribution in [0.5, 0.6) is 0 Å². The van der Waals surface area contributed by atoms with Gasteiger partial charge in [-0.3, -0.25) is 0 Å². The monoisotopic (exact) mass is 353 g/mol. The first-order valence-corrected chi connectivity index (χ1v) is 5.32. The number of rotatable bonds is 15. The summed E-state index contributed by atoms with van der Waals surface area (Å²) in [5.41, 5.74) is 0. The molecule has 0 amide bonds. The third-order valence-corrected chi connectivity index (χ3v) is 1.20. The number of nitrogens with zero attached hydrogens (tertiary/aromatic N) is 1. The van der Waals surface area contributed by atoms with Crippen LogP contribution in [0.15, 0.2) is 0 Å². The van der Waals surface area contributed by atoms with Crippen molar-refractivity contribution in [3.8, 4) is 0 Å². The van der Waals surface area contributed by atoms with E-state index in [0.717, 1.165) is 21.1 Å². The lowest BCUT2D eigenvalue weighted by atomic mass is 10.0. The standard InChI is InChI=1S/C19H42N.ClH/c1-5-6-7-8-9-10-11-12-13-14-15-16-17-18-19-20(2,3)4;/h5-19H2,1-4H3;1H/q+1;/p-1/i1D3,5D2,6D2,7D2,8D2,9D2,10D2,11D2,12D2,13D2,14D2,15D2,16D2,17D2,18D2,19D2;. The molecule has 0 aliphatic rings. The third-order valence-electron chi connectivity index (χ3n) is 1.20. The molecule has 0 rings (SSSR count). The largest absolute Gasteiger partial charge is 1.00 e. The highest BCUT2D eigenvalue weighted by Crippen LogP contribution is 2.13. The molecule has 0 N–H and O–H groups in total. The molecule has 0 spiro atoms. The highest BCUT2D eigenvalue weighted by atomic mass is 35.5. The van der Waals surface area contributed by atoms with E-state index in [2.05, 4.69) is 0 Å². The molecule has 0 saturated carbocycles. The quantitative estimate of drug-likeness (QED) is 0.397. The molecule has 0 fully saturated rings. The van der Waals surface area contributed by atoms with Gasteiger partial charge in [0.2, 0.25) is 0 Å². The first kappa shape index (κ1) is 3.19. The smallest absolute Gasteiger partial charge is 0.0924 e. The molecule has 21 heavy (non-hydrogen) atoms. The lowest BCUT2D eigenvalue weighted by molar-refractivity contribution is -0.870. The minimum absolute atomic E-state index is 0. The number of hydrogen-bond donors (Lipinski definition) is 0. The molecule has 1 nitrogen and oxygen atoms in total. The van der Waals surface area contributed by atoms with Crippen molar-refractivity contribution in [2.75, 3.05) is 27.6 Å². The normalized spacial score (nSPS) is 45.6. The summed E-state index contributed by atoms with van der Waals surface area (Å²) in [4.78, 5) is 0. The van der Waals surface area contributed by atoms with E-state index >= 15 is 0 Å². The topological polar surface area (TPSA) is 0 Å². The predicted molar refractivity (Wildman–Crippen MR) is 93.2 cm³/mol.